The normalized spacial score (nSPS) is 10.9. The molecule has 0 radical (unpaired) electrons. The van der Waals surface area contributed by atoms with Crippen LogP contribution in [0, 0.1) is 0 Å². The van der Waals surface area contributed by atoms with Gasteiger partial charge in [-0.15, -0.1) is 0 Å². The molecule has 0 unspecified atom stereocenters. The Hall–Kier alpha value is -2.40. The maximum atomic E-state index is 5.98. The Morgan fingerprint density at radius 1 is 1.08 bits per heavy atom. The first kappa shape index (κ1) is 17.4. The fourth-order valence-corrected chi connectivity index (χ4v) is 3.42. The number of benzene rings is 1. The molecule has 0 atom stereocenters. The molecule has 0 saturated heterocycles. The molecule has 0 bridgehead atoms. The van der Waals surface area contributed by atoms with Gasteiger partial charge >= 0.3 is 0 Å². The van der Waals surface area contributed by atoms with E-state index in [0.29, 0.717) is 0 Å². The van der Waals surface area contributed by atoms with E-state index in [-0.39, 0.29) is 6.10 Å². The van der Waals surface area contributed by atoms with Crippen molar-refractivity contribution in [3.05, 3.63) is 48.8 Å². The number of nitrogens with one attached hydrogen (secondary N) is 1. The van der Waals surface area contributed by atoms with Gasteiger partial charge in [-0.25, -0.2) is 4.98 Å². The molecule has 1 aromatic carbocycles. The number of thiazole rings is 1. The summed E-state index contributed by atoms with van der Waals surface area (Å²) in [4.78, 5) is 10.2. The van der Waals surface area contributed by atoms with Gasteiger partial charge in [0.1, 0.15) is 5.75 Å². The molecule has 0 spiro atoms. The van der Waals surface area contributed by atoms with Crippen LogP contribution in [0.25, 0.3) is 21.7 Å². The molecule has 2 heterocycles. The summed E-state index contributed by atoms with van der Waals surface area (Å²) in [6, 6.07) is 12.1. The lowest BCUT2D eigenvalue weighted by Crippen LogP contribution is -2.06. The molecule has 5 heteroatoms. The molecule has 0 fully saturated rings. The Morgan fingerprint density at radius 2 is 1.88 bits per heavy atom. The van der Waals surface area contributed by atoms with Crippen LogP contribution in [0.2, 0.25) is 0 Å². The predicted molar refractivity (Wildman–Crippen MR) is 105 cm³/mol. The van der Waals surface area contributed by atoms with Crippen molar-refractivity contribution >= 4 is 16.5 Å². The lowest BCUT2D eigenvalue weighted by atomic mass is 10.0. The minimum Gasteiger partial charge on any atom is -0.490 e. The van der Waals surface area contributed by atoms with E-state index in [1.165, 1.54) is 0 Å². The lowest BCUT2D eigenvalue weighted by molar-refractivity contribution is 0.243. The van der Waals surface area contributed by atoms with Gasteiger partial charge in [0.15, 0.2) is 5.13 Å². The highest BCUT2D eigenvalue weighted by atomic mass is 32.1. The number of ether oxygens (including phenoxy) is 1. The zero-order valence-electron chi connectivity index (χ0n) is 14.8. The van der Waals surface area contributed by atoms with Crippen LogP contribution in [-0.2, 0) is 0 Å². The van der Waals surface area contributed by atoms with E-state index in [9.17, 15) is 0 Å². The third-order valence-electron chi connectivity index (χ3n) is 3.61. The fourth-order valence-electron chi connectivity index (χ4n) is 2.55. The van der Waals surface area contributed by atoms with Crippen LogP contribution in [0.5, 0.6) is 5.75 Å². The second-order valence-electron chi connectivity index (χ2n) is 6.02. The van der Waals surface area contributed by atoms with Gasteiger partial charge in [0, 0.05) is 30.1 Å². The molecule has 0 saturated carbocycles. The highest BCUT2D eigenvalue weighted by molar-refractivity contribution is 7.18. The van der Waals surface area contributed by atoms with E-state index in [2.05, 4.69) is 34.3 Å². The molecule has 25 heavy (non-hydrogen) atoms. The van der Waals surface area contributed by atoms with Crippen molar-refractivity contribution in [2.24, 2.45) is 0 Å². The third-order valence-corrected chi connectivity index (χ3v) is 4.60. The summed E-state index contributed by atoms with van der Waals surface area (Å²) < 4.78 is 5.98. The zero-order chi connectivity index (χ0) is 17.6. The van der Waals surface area contributed by atoms with Gasteiger partial charge in [-0.3, -0.25) is 4.98 Å². The first-order chi connectivity index (χ1) is 12.2. The Kier molecular flexibility index (Phi) is 5.66. The van der Waals surface area contributed by atoms with E-state index in [1.807, 2.05) is 50.5 Å². The van der Waals surface area contributed by atoms with Crippen LogP contribution < -0.4 is 10.1 Å². The molecule has 4 nitrogen and oxygen atoms in total. The van der Waals surface area contributed by atoms with E-state index in [1.54, 1.807) is 11.3 Å². The van der Waals surface area contributed by atoms with Gasteiger partial charge < -0.3 is 10.1 Å². The largest absolute Gasteiger partial charge is 0.490 e. The van der Waals surface area contributed by atoms with E-state index in [4.69, 9.17) is 4.74 Å². The van der Waals surface area contributed by atoms with Crippen molar-refractivity contribution < 1.29 is 4.74 Å². The van der Waals surface area contributed by atoms with E-state index in [0.717, 1.165) is 45.5 Å². The first-order valence-electron chi connectivity index (χ1n) is 8.60. The summed E-state index contributed by atoms with van der Waals surface area (Å²) in [5.74, 6) is 0.853. The van der Waals surface area contributed by atoms with Crippen molar-refractivity contribution in [3.8, 4) is 27.4 Å². The van der Waals surface area contributed by atoms with Gasteiger partial charge in [-0.2, -0.15) is 0 Å². The number of rotatable bonds is 7. The summed E-state index contributed by atoms with van der Waals surface area (Å²) in [6.45, 7) is 7.14. The number of para-hydroxylation sites is 1. The van der Waals surface area contributed by atoms with Crippen LogP contribution in [-0.4, -0.2) is 22.6 Å². The summed E-state index contributed by atoms with van der Waals surface area (Å²) in [7, 11) is 0. The Bertz CT molecular complexity index is 829. The standard InChI is InChI=1S/C20H23N3OS/c1-4-11-22-20-23-13-18(25-20)16-9-7-12-21-19(16)15-8-5-6-10-17(15)24-14(2)3/h5-10,12-14H,4,11H2,1-3H3,(H,22,23). The molecule has 3 aromatic rings. The van der Waals surface area contributed by atoms with Gasteiger partial charge in [0.05, 0.1) is 16.7 Å². The number of anilines is 1. The van der Waals surface area contributed by atoms with Crippen molar-refractivity contribution in [2.75, 3.05) is 11.9 Å². The van der Waals surface area contributed by atoms with Crippen LogP contribution in [0.4, 0.5) is 5.13 Å². The van der Waals surface area contributed by atoms with Gasteiger partial charge in [-0.1, -0.05) is 30.4 Å². The second kappa shape index (κ2) is 8.12. The number of nitrogens with zero attached hydrogens (tertiary/aromatic N) is 2. The van der Waals surface area contributed by atoms with Crippen LogP contribution >= 0.6 is 11.3 Å². The Balaban J connectivity index is 2.01. The van der Waals surface area contributed by atoms with Crippen LogP contribution in [0.1, 0.15) is 27.2 Å². The zero-order valence-corrected chi connectivity index (χ0v) is 15.6. The minimum atomic E-state index is 0.113. The number of aromatic nitrogens is 2. The van der Waals surface area contributed by atoms with Crippen LogP contribution in [0.15, 0.2) is 48.8 Å². The molecule has 2 aromatic heterocycles. The summed E-state index contributed by atoms with van der Waals surface area (Å²) in [5.41, 5.74) is 3.00. The summed E-state index contributed by atoms with van der Waals surface area (Å²) in [5, 5.41) is 4.29. The van der Waals surface area contributed by atoms with Crippen LogP contribution in [0.3, 0.4) is 0 Å². The van der Waals surface area contributed by atoms with Crippen molar-refractivity contribution in [3.63, 3.8) is 0 Å². The number of hydrogen-bond donors (Lipinski definition) is 1. The average molecular weight is 353 g/mol. The van der Waals surface area contributed by atoms with Crippen molar-refractivity contribution in [1.29, 1.82) is 0 Å². The first-order valence-corrected chi connectivity index (χ1v) is 9.41. The molecule has 130 valence electrons. The highest BCUT2D eigenvalue weighted by Crippen LogP contribution is 2.38. The topological polar surface area (TPSA) is 47.0 Å². The Labute approximate surface area is 152 Å². The third kappa shape index (κ3) is 4.17. The summed E-state index contributed by atoms with van der Waals surface area (Å²) >= 11 is 1.65. The van der Waals surface area contributed by atoms with Crippen molar-refractivity contribution in [1.82, 2.24) is 9.97 Å². The monoisotopic (exact) mass is 353 g/mol. The van der Waals surface area contributed by atoms with E-state index >= 15 is 0 Å². The average Bonchev–Trinajstić information content (AvgIpc) is 3.09. The fraction of sp³-hybridized carbons (Fsp3) is 0.300. The molecular formula is C20H23N3OS. The molecule has 3 rings (SSSR count). The smallest absolute Gasteiger partial charge is 0.183 e. The quantitative estimate of drug-likeness (QED) is 0.611. The molecule has 1 N–H and O–H groups in total. The van der Waals surface area contributed by atoms with Crippen molar-refractivity contribution in [2.45, 2.75) is 33.3 Å². The number of pyridine rings is 1. The SMILES string of the molecule is CCCNc1ncc(-c2cccnc2-c2ccccc2OC(C)C)s1. The van der Waals surface area contributed by atoms with Gasteiger partial charge in [0.2, 0.25) is 0 Å². The maximum Gasteiger partial charge on any atom is 0.183 e. The number of hydrogen-bond acceptors (Lipinski definition) is 5. The molecule has 0 aliphatic heterocycles. The molecular weight excluding hydrogens is 330 g/mol. The second-order valence-corrected chi connectivity index (χ2v) is 7.05. The summed E-state index contributed by atoms with van der Waals surface area (Å²) in [6.07, 6.45) is 4.92. The van der Waals surface area contributed by atoms with Gasteiger partial charge in [-0.05, 0) is 44.5 Å². The maximum absolute atomic E-state index is 5.98. The minimum absolute atomic E-state index is 0.113. The molecule has 0 amide bonds. The highest BCUT2D eigenvalue weighted by Gasteiger charge is 2.15. The molecule has 0 aliphatic rings. The molecule has 0 aliphatic carbocycles. The predicted octanol–water partition coefficient (Wildman–Crippen LogP) is 5.48. The van der Waals surface area contributed by atoms with E-state index < -0.39 is 0 Å². The van der Waals surface area contributed by atoms with Gasteiger partial charge in [0.25, 0.3) is 0 Å². The Morgan fingerprint density at radius 3 is 2.68 bits per heavy atom. The lowest BCUT2D eigenvalue weighted by Gasteiger charge is -2.15.